The van der Waals surface area contributed by atoms with Crippen molar-refractivity contribution in [2.45, 2.75) is 0 Å². The summed E-state index contributed by atoms with van der Waals surface area (Å²) in [4.78, 5) is 15.5. The summed E-state index contributed by atoms with van der Waals surface area (Å²) in [6.07, 6.45) is 0. The number of benzene rings is 1. The molecule has 6 heteroatoms. The number of nitrogens with two attached hydrogens (primary N) is 1. The maximum absolute atomic E-state index is 11.6. The number of nitrogens with one attached hydrogen (secondary N) is 1. The molecule has 0 bridgehead atoms. The van der Waals surface area contributed by atoms with E-state index in [1.807, 2.05) is 0 Å². The molecule has 0 fully saturated rings. The number of aromatic nitrogens is 1. The van der Waals surface area contributed by atoms with E-state index in [1.54, 1.807) is 29.1 Å². The van der Waals surface area contributed by atoms with E-state index in [1.165, 1.54) is 11.3 Å². The highest BCUT2D eigenvalue weighted by molar-refractivity contribution is 7.07. The molecular weight excluding hydrogens is 246 g/mol. The molecule has 0 saturated carbocycles. The summed E-state index contributed by atoms with van der Waals surface area (Å²) in [7, 11) is 0. The molecule has 1 amide bonds. The Morgan fingerprint density at radius 3 is 2.94 bits per heavy atom. The van der Waals surface area contributed by atoms with Gasteiger partial charge in [-0.05, 0) is 18.2 Å². The van der Waals surface area contributed by atoms with Crippen molar-refractivity contribution < 1.29 is 4.79 Å². The second kappa shape index (κ2) is 4.51. The van der Waals surface area contributed by atoms with Crippen LogP contribution in [0.4, 0.5) is 11.4 Å². The van der Waals surface area contributed by atoms with Crippen LogP contribution in [0.2, 0.25) is 5.02 Å². The number of nitrogens with zero attached hydrogens (tertiary/aromatic N) is 1. The maximum Gasteiger partial charge on any atom is 0.275 e. The molecule has 1 aromatic heterocycles. The normalized spacial score (nSPS) is 10.1. The van der Waals surface area contributed by atoms with E-state index in [4.69, 9.17) is 17.3 Å². The fourth-order valence-electron chi connectivity index (χ4n) is 1.14. The first-order valence-corrected chi connectivity index (χ1v) is 5.73. The van der Waals surface area contributed by atoms with E-state index in [2.05, 4.69) is 10.3 Å². The Hall–Kier alpha value is -1.59. The van der Waals surface area contributed by atoms with Crippen LogP contribution in [0, 0.1) is 0 Å². The van der Waals surface area contributed by atoms with Crippen LogP contribution in [0.3, 0.4) is 0 Å². The average Bonchev–Trinajstić information content (AvgIpc) is 2.77. The first-order chi connectivity index (χ1) is 7.66. The predicted molar refractivity (Wildman–Crippen MR) is 65.9 cm³/mol. The Morgan fingerprint density at radius 1 is 1.50 bits per heavy atom. The number of nitrogen functional groups attached to an aromatic ring is 1. The van der Waals surface area contributed by atoms with E-state index >= 15 is 0 Å². The minimum atomic E-state index is -0.261. The lowest BCUT2D eigenvalue weighted by Crippen LogP contribution is -2.12. The molecule has 0 aliphatic heterocycles. The average molecular weight is 254 g/mol. The summed E-state index contributed by atoms with van der Waals surface area (Å²) in [6.45, 7) is 0. The van der Waals surface area contributed by atoms with Crippen molar-refractivity contribution in [3.8, 4) is 0 Å². The van der Waals surface area contributed by atoms with Gasteiger partial charge in [0.25, 0.3) is 5.91 Å². The summed E-state index contributed by atoms with van der Waals surface area (Å²) in [5.74, 6) is -0.261. The van der Waals surface area contributed by atoms with Gasteiger partial charge in [-0.3, -0.25) is 4.79 Å². The number of carbonyl (C=O) groups is 1. The van der Waals surface area contributed by atoms with Gasteiger partial charge in [0, 0.05) is 11.1 Å². The second-order valence-corrected chi connectivity index (χ2v) is 4.19. The maximum atomic E-state index is 11.6. The van der Waals surface area contributed by atoms with Gasteiger partial charge in [-0.1, -0.05) is 11.6 Å². The molecule has 82 valence electrons. The quantitative estimate of drug-likeness (QED) is 0.809. The van der Waals surface area contributed by atoms with Crippen molar-refractivity contribution in [1.82, 2.24) is 4.98 Å². The third kappa shape index (κ3) is 2.32. The molecule has 1 aromatic carbocycles. The molecule has 0 saturated heterocycles. The Kier molecular flexibility index (Phi) is 3.07. The zero-order valence-electron chi connectivity index (χ0n) is 8.11. The Labute approximate surface area is 101 Å². The number of amides is 1. The van der Waals surface area contributed by atoms with Crippen LogP contribution in [0.25, 0.3) is 0 Å². The summed E-state index contributed by atoms with van der Waals surface area (Å²) in [6, 6.07) is 4.92. The Morgan fingerprint density at radius 2 is 2.31 bits per heavy atom. The first kappa shape index (κ1) is 10.9. The van der Waals surface area contributed by atoms with Crippen LogP contribution in [0.5, 0.6) is 0 Å². The van der Waals surface area contributed by atoms with E-state index in [9.17, 15) is 4.79 Å². The predicted octanol–water partition coefficient (Wildman–Crippen LogP) is 2.63. The lowest BCUT2D eigenvalue weighted by molar-refractivity contribution is 0.102. The second-order valence-electron chi connectivity index (χ2n) is 3.06. The van der Waals surface area contributed by atoms with Gasteiger partial charge in [-0.25, -0.2) is 4.98 Å². The first-order valence-electron chi connectivity index (χ1n) is 4.41. The van der Waals surface area contributed by atoms with Gasteiger partial charge in [0.05, 0.1) is 16.2 Å². The van der Waals surface area contributed by atoms with E-state index in [0.29, 0.717) is 22.1 Å². The third-order valence-corrected chi connectivity index (χ3v) is 2.85. The minimum Gasteiger partial charge on any atom is -0.397 e. The number of hydrogen-bond donors (Lipinski definition) is 2. The van der Waals surface area contributed by atoms with E-state index in [-0.39, 0.29) is 5.91 Å². The van der Waals surface area contributed by atoms with Crippen LogP contribution >= 0.6 is 22.9 Å². The number of carbonyl (C=O) groups excluding carboxylic acids is 1. The molecule has 3 N–H and O–H groups in total. The van der Waals surface area contributed by atoms with Gasteiger partial charge >= 0.3 is 0 Å². The van der Waals surface area contributed by atoms with Crippen LogP contribution in [-0.2, 0) is 0 Å². The third-order valence-electron chi connectivity index (χ3n) is 1.92. The summed E-state index contributed by atoms with van der Waals surface area (Å²) in [5.41, 5.74) is 8.63. The zero-order valence-corrected chi connectivity index (χ0v) is 9.68. The van der Waals surface area contributed by atoms with Gasteiger partial charge < -0.3 is 11.1 Å². The lowest BCUT2D eigenvalue weighted by Gasteiger charge is -2.05. The number of rotatable bonds is 2. The van der Waals surface area contributed by atoms with Gasteiger partial charge in [-0.15, -0.1) is 11.3 Å². The highest BCUT2D eigenvalue weighted by atomic mass is 35.5. The fraction of sp³-hybridized carbons (Fsp3) is 0. The minimum absolute atomic E-state index is 0.261. The molecule has 0 unspecified atom stereocenters. The standard InChI is InChI=1S/C10H8ClN3OS/c11-7-2-1-6(3-8(7)12)14-10(15)9-4-16-5-13-9/h1-5H,12H2,(H,14,15). The SMILES string of the molecule is Nc1cc(NC(=O)c2cscn2)ccc1Cl. The van der Waals surface area contributed by atoms with Gasteiger partial charge in [-0.2, -0.15) is 0 Å². The summed E-state index contributed by atoms with van der Waals surface area (Å²) < 4.78 is 0. The van der Waals surface area contributed by atoms with Gasteiger partial charge in [0.1, 0.15) is 5.69 Å². The molecule has 0 atom stereocenters. The lowest BCUT2D eigenvalue weighted by atomic mass is 10.2. The summed E-state index contributed by atoms with van der Waals surface area (Å²) in [5, 5.41) is 4.82. The van der Waals surface area contributed by atoms with E-state index in [0.717, 1.165) is 0 Å². The molecule has 1 heterocycles. The Bertz CT molecular complexity index is 513. The van der Waals surface area contributed by atoms with Crippen molar-refractivity contribution in [2.75, 3.05) is 11.1 Å². The van der Waals surface area contributed by atoms with Crippen molar-refractivity contribution in [1.29, 1.82) is 0 Å². The molecule has 0 radical (unpaired) electrons. The number of hydrogen-bond acceptors (Lipinski definition) is 4. The number of thiazole rings is 1. The van der Waals surface area contributed by atoms with Crippen LogP contribution in [0.1, 0.15) is 10.5 Å². The molecular formula is C10H8ClN3OS. The van der Waals surface area contributed by atoms with Crippen molar-refractivity contribution >= 4 is 40.2 Å². The molecule has 2 aromatic rings. The highest BCUT2D eigenvalue weighted by Crippen LogP contribution is 2.22. The zero-order chi connectivity index (χ0) is 11.5. The van der Waals surface area contributed by atoms with Crippen molar-refractivity contribution in [3.05, 3.63) is 39.8 Å². The van der Waals surface area contributed by atoms with Gasteiger partial charge in [0.15, 0.2) is 0 Å². The smallest absolute Gasteiger partial charge is 0.275 e. The van der Waals surface area contributed by atoms with Gasteiger partial charge in [0.2, 0.25) is 0 Å². The van der Waals surface area contributed by atoms with Crippen molar-refractivity contribution in [2.24, 2.45) is 0 Å². The van der Waals surface area contributed by atoms with Crippen LogP contribution in [0.15, 0.2) is 29.1 Å². The Balaban J connectivity index is 2.15. The van der Waals surface area contributed by atoms with Crippen LogP contribution in [-0.4, -0.2) is 10.9 Å². The monoisotopic (exact) mass is 253 g/mol. The number of halogens is 1. The molecule has 4 nitrogen and oxygen atoms in total. The largest absolute Gasteiger partial charge is 0.397 e. The van der Waals surface area contributed by atoms with Crippen molar-refractivity contribution in [3.63, 3.8) is 0 Å². The molecule has 2 rings (SSSR count). The molecule has 0 spiro atoms. The summed E-state index contributed by atoms with van der Waals surface area (Å²) >= 11 is 7.13. The fourth-order valence-corrected chi connectivity index (χ4v) is 1.79. The molecule has 16 heavy (non-hydrogen) atoms. The highest BCUT2D eigenvalue weighted by Gasteiger charge is 2.08. The number of anilines is 2. The van der Waals surface area contributed by atoms with Crippen LogP contribution < -0.4 is 11.1 Å². The topological polar surface area (TPSA) is 68.0 Å². The van der Waals surface area contributed by atoms with E-state index < -0.39 is 0 Å². The molecule has 0 aliphatic rings. The molecule has 0 aliphatic carbocycles.